The average molecular weight is 400 g/mol. The predicted molar refractivity (Wildman–Crippen MR) is 102 cm³/mol. The van der Waals surface area contributed by atoms with Gasteiger partial charge in [-0.15, -0.1) is 0 Å². The van der Waals surface area contributed by atoms with E-state index in [1.807, 2.05) is 26.0 Å². The lowest BCUT2D eigenvalue weighted by Gasteiger charge is -2.24. The second kappa shape index (κ2) is 7.59. The largest absolute Gasteiger partial charge is 0.417 e. The van der Waals surface area contributed by atoms with Gasteiger partial charge in [0.25, 0.3) is 5.91 Å². The molecule has 5 nitrogen and oxygen atoms in total. The Balaban J connectivity index is 1.75. The van der Waals surface area contributed by atoms with Crippen LogP contribution in [0.25, 0.3) is 5.65 Å². The number of carbonyl (C=O) groups excluding carboxylic acids is 1. The van der Waals surface area contributed by atoms with E-state index in [0.717, 1.165) is 17.8 Å². The molecule has 1 amide bonds. The highest BCUT2D eigenvalue weighted by Gasteiger charge is 2.31. The molecule has 0 radical (unpaired) electrons. The maximum atomic E-state index is 12.8. The van der Waals surface area contributed by atoms with Crippen LogP contribution in [0, 0.1) is 11.3 Å². The second-order valence-corrected chi connectivity index (χ2v) is 7.38. The first-order valence-corrected chi connectivity index (χ1v) is 8.95. The quantitative estimate of drug-likeness (QED) is 0.641. The van der Waals surface area contributed by atoms with Gasteiger partial charge in [-0.25, -0.2) is 4.98 Å². The number of anilines is 1. The molecule has 8 heteroatoms. The first-order chi connectivity index (χ1) is 13.6. The maximum absolute atomic E-state index is 12.8. The van der Waals surface area contributed by atoms with Crippen LogP contribution in [-0.4, -0.2) is 15.3 Å². The first-order valence-electron chi connectivity index (χ1n) is 8.95. The SMILES string of the molecule is CC(C)(CCC#N)c1ccc(C(=O)Nc2cn3cc(C(F)(F)F)ccc3n2)cc1. The summed E-state index contributed by atoms with van der Waals surface area (Å²) in [4.78, 5) is 16.6. The fourth-order valence-corrected chi connectivity index (χ4v) is 2.99. The van der Waals surface area contributed by atoms with Crippen LogP contribution in [0.15, 0.2) is 48.8 Å². The van der Waals surface area contributed by atoms with E-state index in [9.17, 15) is 18.0 Å². The third-order valence-corrected chi connectivity index (χ3v) is 4.81. The van der Waals surface area contributed by atoms with Gasteiger partial charge in [0, 0.05) is 18.2 Å². The van der Waals surface area contributed by atoms with Crippen LogP contribution >= 0.6 is 0 Å². The minimum atomic E-state index is -4.45. The number of alkyl halides is 3. The fraction of sp³-hybridized carbons (Fsp3) is 0.286. The van der Waals surface area contributed by atoms with Crippen molar-refractivity contribution in [3.63, 3.8) is 0 Å². The van der Waals surface area contributed by atoms with Gasteiger partial charge in [0.1, 0.15) is 5.65 Å². The molecule has 0 saturated heterocycles. The summed E-state index contributed by atoms with van der Waals surface area (Å²) in [5.74, 6) is -0.251. The van der Waals surface area contributed by atoms with E-state index in [4.69, 9.17) is 5.26 Å². The summed E-state index contributed by atoms with van der Waals surface area (Å²) in [6, 6.07) is 11.4. The first kappa shape index (κ1) is 20.4. The molecule has 0 spiro atoms. The number of nitriles is 1. The van der Waals surface area contributed by atoms with Crippen LogP contribution in [0.3, 0.4) is 0 Å². The van der Waals surface area contributed by atoms with Crippen LogP contribution in [0.5, 0.6) is 0 Å². The van der Waals surface area contributed by atoms with Crippen LogP contribution < -0.4 is 5.32 Å². The number of rotatable bonds is 5. The van der Waals surface area contributed by atoms with Crippen molar-refractivity contribution in [2.75, 3.05) is 5.32 Å². The molecule has 0 atom stereocenters. The van der Waals surface area contributed by atoms with Crippen LogP contribution in [-0.2, 0) is 11.6 Å². The molecule has 0 bridgehead atoms. The molecule has 150 valence electrons. The van der Waals surface area contributed by atoms with Crippen LogP contribution in [0.1, 0.15) is 48.2 Å². The van der Waals surface area contributed by atoms with Gasteiger partial charge in [0.15, 0.2) is 5.82 Å². The molecule has 0 unspecified atom stereocenters. The summed E-state index contributed by atoms with van der Waals surface area (Å²) in [6.45, 7) is 4.07. The minimum Gasteiger partial charge on any atom is -0.305 e. The van der Waals surface area contributed by atoms with Crippen molar-refractivity contribution in [1.82, 2.24) is 9.38 Å². The molecular weight excluding hydrogens is 381 g/mol. The van der Waals surface area contributed by atoms with Crippen LogP contribution in [0.2, 0.25) is 0 Å². The normalized spacial score (nSPS) is 12.0. The van der Waals surface area contributed by atoms with Gasteiger partial charge in [-0.1, -0.05) is 26.0 Å². The number of aromatic nitrogens is 2. The highest BCUT2D eigenvalue weighted by molar-refractivity contribution is 6.03. The number of hydrogen-bond acceptors (Lipinski definition) is 3. The molecule has 3 rings (SSSR count). The number of hydrogen-bond donors (Lipinski definition) is 1. The zero-order valence-corrected chi connectivity index (χ0v) is 15.9. The molecule has 1 aromatic carbocycles. The number of pyridine rings is 1. The highest BCUT2D eigenvalue weighted by Crippen LogP contribution is 2.30. The van der Waals surface area contributed by atoms with Crippen molar-refractivity contribution < 1.29 is 18.0 Å². The Morgan fingerprint density at radius 1 is 1.10 bits per heavy atom. The van der Waals surface area contributed by atoms with Gasteiger partial charge < -0.3 is 9.72 Å². The Kier molecular flexibility index (Phi) is 5.33. The lowest BCUT2D eigenvalue weighted by Crippen LogP contribution is -2.17. The molecule has 2 heterocycles. The summed E-state index contributed by atoms with van der Waals surface area (Å²) < 4.78 is 39.7. The predicted octanol–water partition coefficient (Wildman–Crippen LogP) is 5.19. The van der Waals surface area contributed by atoms with E-state index in [-0.39, 0.29) is 11.2 Å². The number of nitrogens with one attached hydrogen (secondary N) is 1. The van der Waals surface area contributed by atoms with Gasteiger partial charge >= 0.3 is 6.18 Å². The van der Waals surface area contributed by atoms with E-state index in [1.54, 1.807) is 12.1 Å². The summed E-state index contributed by atoms with van der Waals surface area (Å²) in [6.07, 6.45) is -1.04. The Bertz CT molecular complexity index is 1080. The monoisotopic (exact) mass is 400 g/mol. The molecule has 0 aliphatic rings. The molecule has 2 aromatic heterocycles. The van der Waals surface area contributed by atoms with Gasteiger partial charge in [0.2, 0.25) is 0 Å². The maximum Gasteiger partial charge on any atom is 0.417 e. The molecule has 0 saturated carbocycles. The number of amides is 1. The summed E-state index contributed by atoms with van der Waals surface area (Å²) in [7, 11) is 0. The molecular formula is C21H19F3N4O. The van der Waals surface area contributed by atoms with E-state index >= 15 is 0 Å². The lowest BCUT2D eigenvalue weighted by molar-refractivity contribution is -0.137. The average Bonchev–Trinajstić information content (AvgIpc) is 3.07. The Hall–Kier alpha value is -3.34. The van der Waals surface area contributed by atoms with Crippen molar-refractivity contribution in [3.8, 4) is 6.07 Å². The number of nitrogens with zero attached hydrogens (tertiary/aromatic N) is 3. The zero-order valence-electron chi connectivity index (χ0n) is 15.9. The summed E-state index contributed by atoms with van der Waals surface area (Å²) in [5.41, 5.74) is 0.718. The van der Waals surface area contributed by atoms with Gasteiger partial charge in [0.05, 0.1) is 17.8 Å². The molecule has 1 N–H and O–H groups in total. The van der Waals surface area contributed by atoms with Crippen molar-refractivity contribution in [1.29, 1.82) is 5.26 Å². The Labute approximate surface area is 165 Å². The number of fused-ring (bicyclic) bond motifs is 1. The number of carbonyl (C=O) groups is 1. The van der Waals surface area contributed by atoms with Gasteiger partial charge in [-0.2, -0.15) is 18.4 Å². The smallest absolute Gasteiger partial charge is 0.305 e. The van der Waals surface area contributed by atoms with Crippen molar-refractivity contribution in [2.24, 2.45) is 0 Å². The van der Waals surface area contributed by atoms with E-state index < -0.39 is 17.6 Å². The van der Waals surface area contributed by atoms with Crippen molar-refractivity contribution in [2.45, 2.75) is 38.3 Å². The van der Waals surface area contributed by atoms with Gasteiger partial charge in [-0.3, -0.25) is 4.79 Å². The number of halogens is 3. The molecule has 0 aliphatic carbocycles. The second-order valence-electron chi connectivity index (χ2n) is 7.38. The Morgan fingerprint density at radius 2 is 1.76 bits per heavy atom. The van der Waals surface area contributed by atoms with E-state index in [1.165, 1.54) is 16.7 Å². The molecule has 29 heavy (non-hydrogen) atoms. The third kappa shape index (κ3) is 4.57. The fourth-order valence-electron chi connectivity index (χ4n) is 2.99. The highest BCUT2D eigenvalue weighted by atomic mass is 19.4. The summed E-state index contributed by atoms with van der Waals surface area (Å²) in [5, 5.41) is 11.4. The molecule has 0 fully saturated rings. The zero-order chi connectivity index (χ0) is 21.2. The van der Waals surface area contributed by atoms with E-state index in [0.29, 0.717) is 24.1 Å². The van der Waals surface area contributed by atoms with E-state index in [2.05, 4.69) is 16.4 Å². The van der Waals surface area contributed by atoms with Crippen molar-refractivity contribution >= 4 is 17.4 Å². The number of benzene rings is 1. The van der Waals surface area contributed by atoms with Crippen LogP contribution in [0.4, 0.5) is 19.0 Å². The number of imidazole rings is 1. The minimum absolute atomic E-state index is 0.160. The molecule has 3 aromatic rings. The lowest BCUT2D eigenvalue weighted by atomic mass is 9.80. The summed E-state index contributed by atoms with van der Waals surface area (Å²) >= 11 is 0. The van der Waals surface area contributed by atoms with Crippen molar-refractivity contribution in [3.05, 3.63) is 65.5 Å². The standard InChI is InChI=1S/C21H19F3N4O/c1-20(2,10-3-11-25)15-6-4-14(5-7-15)19(29)27-17-13-28-12-16(21(22,23)24)8-9-18(28)26-17/h4-9,12-13H,3,10H2,1-2H3,(H,27,29). The topological polar surface area (TPSA) is 70.2 Å². The van der Waals surface area contributed by atoms with Gasteiger partial charge in [-0.05, 0) is 41.7 Å². The molecule has 0 aliphatic heterocycles. The Morgan fingerprint density at radius 3 is 2.38 bits per heavy atom. The third-order valence-electron chi connectivity index (χ3n) is 4.81.